The van der Waals surface area contributed by atoms with E-state index in [-0.39, 0.29) is 42.6 Å². The molecule has 0 amide bonds. The Morgan fingerprint density at radius 1 is 1.00 bits per heavy atom. The molecule has 1 N–H and O–H groups in total. The average Bonchev–Trinajstić information content (AvgIpc) is 3.45. The summed E-state index contributed by atoms with van der Waals surface area (Å²) in [6.07, 6.45) is -0.0553. The molecule has 2 aliphatic heterocycles. The van der Waals surface area contributed by atoms with Gasteiger partial charge in [-0.1, -0.05) is 40.5 Å². The van der Waals surface area contributed by atoms with Gasteiger partial charge in [-0.05, 0) is 67.9 Å². The van der Waals surface area contributed by atoms with Crippen LogP contribution in [0.4, 0.5) is 19.1 Å². The van der Waals surface area contributed by atoms with Crippen molar-refractivity contribution in [3.8, 4) is 22.7 Å². The monoisotopic (exact) mass is 648 g/mol. The van der Waals surface area contributed by atoms with Crippen LogP contribution in [0.25, 0.3) is 22.7 Å². The minimum absolute atomic E-state index is 0.0144. The molecule has 2 unspecified atom stereocenters. The lowest BCUT2D eigenvalue weighted by Gasteiger charge is -2.37. The number of hydrogen-bond acceptors (Lipinski definition) is 8. The summed E-state index contributed by atoms with van der Waals surface area (Å²) in [5, 5.41) is 18.6. The van der Waals surface area contributed by atoms with Crippen molar-refractivity contribution in [3.63, 3.8) is 0 Å². The highest BCUT2D eigenvalue weighted by molar-refractivity contribution is 6.39. The molecule has 0 spiro atoms. The summed E-state index contributed by atoms with van der Waals surface area (Å²) in [5.41, 5.74) is -0.664. The van der Waals surface area contributed by atoms with Crippen LogP contribution in [0.3, 0.4) is 0 Å². The third kappa shape index (κ3) is 5.22. The summed E-state index contributed by atoms with van der Waals surface area (Å²) in [6.45, 7) is 0.267. The van der Waals surface area contributed by atoms with E-state index in [9.17, 15) is 23.1 Å². The topological polar surface area (TPSA) is 115 Å². The zero-order valence-corrected chi connectivity index (χ0v) is 24.5. The Morgan fingerprint density at radius 3 is 2.32 bits per heavy atom. The van der Waals surface area contributed by atoms with Gasteiger partial charge in [0.25, 0.3) is 11.8 Å². The highest BCUT2D eigenvalue weighted by Crippen LogP contribution is 2.47. The molecule has 230 valence electrons. The number of carboxylic acids is 1. The number of alkyl halides is 3. The van der Waals surface area contributed by atoms with Crippen molar-refractivity contribution in [2.24, 2.45) is 0 Å². The lowest BCUT2D eigenvalue weighted by atomic mass is 9.99. The van der Waals surface area contributed by atoms with Crippen LogP contribution >= 0.6 is 23.2 Å². The van der Waals surface area contributed by atoms with Gasteiger partial charge in [-0.15, -0.1) is 0 Å². The summed E-state index contributed by atoms with van der Waals surface area (Å²) >= 11 is 13.0. The summed E-state index contributed by atoms with van der Waals surface area (Å²) in [7, 11) is 0. The number of aromatic nitrogens is 3. The van der Waals surface area contributed by atoms with Crippen molar-refractivity contribution >= 4 is 35.1 Å². The smallest absolute Gasteiger partial charge is 0.418 e. The zero-order valence-electron chi connectivity index (χ0n) is 23.0. The summed E-state index contributed by atoms with van der Waals surface area (Å²) < 4.78 is 59.2. The first-order valence-corrected chi connectivity index (χ1v) is 15.0. The number of nitrogens with zero attached hydrogens (tertiary/aromatic N) is 4. The number of carboxylic acid groups (broad SMARTS) is 1. The summed E-state index contributed by atoms with van der Waals surface area (Å²) in [5.74, 6) is -0.836. The molecule has 1 aliphatic carbocycles. The number of aromatic carboxylic acids is 1. The molecule has 4 heterocycles. The summed E-state index contributed by atoms with van der Waals surface area (Å²) in [4.78, 5) is 17.8. The van der Waals surface area contributed by atoms with Gasteiger partial charge in [-0.25, -0.2) is 4.79 Å². The zero-order chi connectivity index (χ0) is 30.7. The van der Waals surface area contributed by atoms with E-state index in [4.69, 9.17) is 37.0 Å². The molecule has 2 aromatic heterocycles. The molecule has 14 heteroatoms. The van der Waals surface area contributed by atoms with Gasteiger partial charge in [0.2, 0.25) is 0 Å². The first-order valence-electron chi connectivity index (χ1n) is 14.2. The number of rotatable bonds is 8. The van der Waals surface area contributed by atoms with E-state index in [1.165, 1.54) is 6.07 Å². The molecule has 2 atom stereocenters. The maximum atomic E-state index is 13.9. The van der Waals surface area contributed by atoms with E-state index >= 15 is 0 Å². The Hall–Kier alpha value is -3.61. The molecular formula is C30H25Cl2F3N4O5. The lowest BCUT2D eigenvalue weighted by molar-refractivity contribution is -0.137. The molecule has 3 fully saturated rings. The van der Waals surface area contributed by atoms with E-state index in [1.54, 1.807) is 18.2 Å². The van der Waals surface area contributed by atoms with Crippen LogP contribution in [-0.2, 0) is 17.5 Å². The number of piperidine rings is 1. The van der Waals surface area contributed by atoms with Gasteiger partial charge in [-0.2, -0.15) is 18.2 Å². The third-order valence-electron chi connectivity index (χ3n) is 8.57. The van der Waals surface area contributed by atoms with Crippen LogP contribution in [0.1, 0.15) is 71.7 Å². The first kappa shape index (κ1) is 29.1. The number of fused-ring (bicyclic) bond motifs is 2. The van der Waals surface area contributed by atoms with Crippen molar-refractivity contribution < 1.29 is 36.9 Å². The Kier molecular flexibility index (Phi) is 7.33. The van der Waals surface area contributed by atoms with Gasteiger partial charge in [0, 0.05) is 29.1 Å². The van der Waals surface area contributed by atoms with Gasteiger partial charge in [0.05, 0.1) is 39.4 Å². The van der Waals surface area contributed by atoms with Crippen LogP contribution in [0.5, 0.6) is 0 Å². The second kappa shape index (κ2) is 11.1. The average molecular weight is 649 g/mol. The maximum Gasteiger partial charge on any atom is 0.418 e. The van der Waals surface area contributed by atoms with E-state index in [2.05, 4.69) is 15.3 Å². The predicted octanol–water partition coefficient (Wildman–Crippen LogP) is 8.01. The molecule has 2 saturated heterocycles. The Labute approximate surface area is 258 Å². The van der Waals surface area contributed by atoms with Crippen molar-refractivity contribution in [3.05, 3.63) is 68.9 Å². The number of ether oxygens (including phenoxy) is 1. The molecule has 2 bridgehead atoms. The standard InChI is InChI=1S/C30H25Cl2F3N4O5/c31-21-5-2-6-22(32)23(21)25-20(26(43-37-25)14-7-8-14)13-42-17-11-15-9-10-16(12-17)39(15)29-36-27(44-38-29)18-3-1-4-19(28(40)41)24(18)30(33,34)35/h1-6,14-17H,7-13H2,(H,40,41). The molecule has 0 radical (unpaired) electrons. The number of halogens is 5. The third-order valence-corrected chi connectivity index (χ3v) is 9.20. The van der Waals surface area contributed by atoms with Crippen LogP contribution in [-0.4, -0.2) is 44.6 Å². The quantitative estimate of drug-likeness (QED) is 0.203. The molecule has 7 rings (SSSR count). The Morgan fingerprint density at radius 2 is 1.68 bits per heavy atom. The van der Waals surface area contributed by atoms with Crippen LogP contribution in [0.2, 0.25) is 10.0 Å². The normalized spacial score (nSPS) is 21.7. The number of benzene rings is 2. The van der Waals surface area contributed by atoms with Crippen molar-refractivity contribution in [2.45, 2.75) is 75.4 Å². The van der Waals surface area contributed by atoms with E-state index in [0.717, 1.165) is 49.1 Å². The molecule has 3 aliphatic rings. The highest BCUT2D eigenvalue weighted by atomic mass is 35.5. The Balaban J connectivity index is 1.10. The van der Waals surface area contributed by atoms with Gasteiger partial charge in [-0.3, -0.25) is 0 Å². The molecule has 9 nitrogen and oxygen atoms in total. The number of carbonyl (C=O) groups is 1. The van der Waals surface area contributed by atoms with Gasteiger partial charge in [0.15, 0.2) is 0 Å². The molecule has 2 aromatic carbocycles. The number of anilines is 1. The largest absolute Gasteiger partial charge is 0.478 e. The predicted molar refractivity (Wildman–Crippen MR) is 153 cm³/mol. The minimum atomic E-state index is -4.94. The van der Waals surface area contributed by atoms with E-state index in [1.807, 2.05) is 4.90 Å². The minimum Gasteiger partial charge on any atom is -0.478 e. The molecule has 1 saturated carbocycles. The van der Waals surface area contributed by atoms with Crippen molar-refractivity contribution in [2.75, 3.05) is 4.90 Å². The molecule has 44 heavy (non-hydrogen) atoms. The van der Waals surface area contributed by atoms with Crippen LogP contribution in [0, 0.1) is 0 Å². The fourth-order valence-corrected chi connectivity index (χ4v) is 7.06. The first-order chi connectivity index (χ1) is 21.1. The maximum absolute atomic E-state index is 13.9. The van der Waals surface area contributed by atoms with E-state index < -0.39 is 28.8 Å². The lowest BCUT2D eigenvalue weighted by Crippen LogP contribution is -2.46. The van der Waals surface area contributed by atoms with Crippen LogP contribution < -0.4 is 4.90 Å². The second-order valence-corrected chi connectivity index (χ2v) is 12.2. The Bertz CT molecular complexity index is 1700. The fraction of sp³-hybridized carbons (Fsp3) is 0.400. The second-order valence-electron chi connectivity index (χ2n) is 11.4. The summed E-state index contributed by atoms with van der Waals surface area (Å²) in [6, 6.07) is 8.50. The molecular weight excluding hydrogens is 624 g/mol. The van der Waals surface area contributed by atoms with Gasteiger partial charge < -0.3 is 23.8 Å². The van der Waals surface area contributed by atoms with E-state index in [0.29, 0.717) is 34.1 Å². The number of hydrogen-bond donors (Lipinski definition) is 1. The van der Waals surface area contributed by atoms with Gasteiger partial charge >= 0.3 is 12.1 Å². The van der Waals surface area contributed by atoms with Crippen molar-refractivity contribution in [1.29, 1.82) is 0 Å². The SMILES string of the molecule is O=C(O)c1cccc(-c2nc(N3C4CCC3CC(OCc3c(-c5c(Cl)cccc5Cl)noc3C3CC3)C4)no2)c1C(F)(F)F. The highest BCUT2D eigenvalue weighted by Gasteiger charge is 2.45. The van der Waals surface area contributed by atoms with Crippen molar-refractivity contribution in [1.82, 2.24) is 15.3 Å². The van der Waals surface area contributed by atoms with Gasteiger partial charge in [0.1, 0.15) is 11.5 Å². The molecule has 4 aromatic rings. The van der Waals surface area contributed by atoms with Crippen LogP contribution in [0.15, 0.2) is 45.4 Å². The fourth-order valence-electron chi connectivity index (χ4n) is 6.48.